The third-order valence-electron chi connectivity index (χ3n) is 5.60. The Labute approximate surface area is 160 Å². The van der Waals surface area contributed by atoms with Crippen LogP contribution in [0.1, 0.15) is 51.5 Å². The Morgan fingerprint density at radius 1 is 1.15 bits per heavy atom. The quantitative estimate of drug-likeness (QED) is 0.847. The first-order valence-corrected chi connectivity index (χ1v) is 9.61. The molecule has 6 nitrogen and oxygen atoms in total. The topological polar surface area (TPSA) is 78.5 Å². The van der Waals surface area contributed by atoms with Crippen molar-refractivity contribution in [1.82, 2.24) is 15.5 Å². The Morgan fingerprint density at radius 3 is 2.41 bits per heavy atom. The molecule has 6 heteroatoms. The van der Waals surface area contributed by atoms with E-state index in [1.807, 2.05) is 51.1 Å². The van der Waals surface area contributed by atoms with E-state index in [0.717, 1.165) is 12.0 Å². The van der Waals surface area contributed by atoms with Crippen LogP contribution < -0.4 is 10.6 Å². The number of benzene rings is 1. The summed E-state index contributed by atoms with van der Waals surface area (Å²) >= 11 is 0. The summed E-state index contributed by atoms with van der Waals surface area (Å²) in [5.74, 6) is -0.483. The van der Waals surface area contributed by atoms with E-state index in [-0.39, 0.29) is 23.6 Å². The van der Waals surface area contributed by atoms with Crippen molar-refractivity contribution in [2.45, 2.75) is 57.5 Å². The number of carbonyl (C=O) groups is 3. The highest BCUT2D eigenvalue weighted by Crippen LogP contribution is 2.51. The van der Waals surface area contributed by atoms with Crippen LogP contribution in [0, 0.1) is 5.41 Å². The summed E-state index contributed by atoms with van der Waals surface area (Å²) in [6.07, 6.45) is 2.00. The number of likely N-dealkylation sites (tertiary alicyclic amines) is 1. The van der Waals surface area contributed by atoms with Crippen molar-refractivity contribution < 1.29 is 14.4 Å². The van der Waals surface area contributed by atoms with Gasteiger partial charge in [0.05, 0.1) is 0 Å². The summed E-state index contributed by atoms with van der Waals surface area (Å²) in [7, 11) is 1.58. The second-order valence-corrected chi connectivity index (χ2v) is 8.61. The Kier molecular flexibility index (Phi) is 5.02. The summed E-state index contributed by atoms with van der Waals surface area (Å²) in [5.41, 5.74) is -0.421. The van der Waals surface area contributed by atoms with Gasteiger partial charge in [0.15, 0.2) is 0 Å². The van der Waals surface area contributed by atoms with Gasteiger partial charge in [-0.05, 0) is 24.8 Å². The van der Waals surface area contributed by atoms with Crippen molar-refractivity contribution in [2.75, 3.05) is 13.6 Å². The molecule has 2 fully saturated rings. The molecule has 1 heterocycles. The fraction of sp³-hybridized carbons (Fsp3) is 0.571. The van der Waals surface area contributed by atoms with Crippen LogP contribution in [-0.4, -0.2) is 47.8 Å². The fourth-order valence-corrected chi connectivity index (χ4v) is 4.04. The largest absolute Gasteiger partial charge is 0.357 e. The molecule has 3 amide bonds. The molecular formula is C21H29N3O3. The van der Waals surface area contributed by atoms with Gasteiger partial charge in [0.25, 0.3) is 0 Å². The second-order valence-electron chi connectivity index (χ2n) is 8.61. The maximum atomic E-state index is 13.1. The van der Waals surface area contributed by atoms with Gasteiger partial charge in [-0.15, -0.1) is 0 Å². The van der Waals surface area contributed by atoms with Gasteiger partial charge in [0.2, 0.25) is 17.7 Å². The van der Waals surface area contributed by atoms with Crippen LogP contribution in [0.5, 0.6) is 0 Å². The van der Waals surface area contributed by atoms with Crippen molar-refractivity contribution in [2.24, 2.45) is 5.41 Å². The molecule has 1 saturated carbocycles. The highest BCUT2D eigenvalue weighted by atomic mass is 16.2. The highest BCUT2D eigenvalue weighted by Gasteiger charge is 2.62. The maximum absolute atomic E-state index is 13.1. The van der Waals surface area contributed by atoms with Gasteiger partial charge < -0.3 is 15.5 Å². The molecule has 0 bridgehead atoms. The van der Waals surface area contributed by atoms with Gasteiger partial charge in [-0.3, -0.25) is 14.4 Å². The number of rotatable bonds is 4. The predicted octanol–water partition coefficient (Wildman–Crippen LogP) is 1.81. The number of carbonyl (C=O) groups excluding carboxylic acids is 3. The monoisotopic (exact) mass is 371 g/mol. The fourth-order valence-electron chi connectivity index (χ4n) is 4.04. The summed E-state index contributed by atoms with van der Waals surface area (Å²) in [5, 5.41) is 5.69. The molecule has 1 aliphatic heterocycles. The van der Waals surface area contributed by atoms with Crippen molar-refractivity contribution in [3.63, 3.8) is 0 Å². The summed E-state index contributed by atoms with van der Waals surface area (Å²) in [6.45, 7) is 6.17. The Bertz CT molecular complexity index is 741. The minimum absolute atomic E-state index is 0.0236. The van der Waals surface area contributed by atoms with E-state index >= 15 is 0 Å². The SMILES string of the molecule is CNC(=O)[C@@]1(NC(=O)[C@@H]2CCCN2C(=O)C(C)(C)C)C[C@@H]1c1ccccc1. The van der Waals surface area contributed by atoms with Crippen LogP contribution in [0.2, 0.25) is 0 Å². The molecule has 146 valence electrons. The molecule has 3 rings (SSSR count). The summed E-state index contributed by atoms with van der Waals surface area (Å²) < 4.78 is 0. The van der Waals surface area contributed by atoms with E-state index in [1.54, 1.807) is 11.9 Å². The van der Waals surface area contributed by atoms with Gasteiger partial charge in [-0.2, -0.15) is 0 Å². The van der Waals surface area contributed by atoms with E-state index in [4.69, 9.17) is 0 Å². The van der Waals surface area contributed by atoms with E-state index in [2.05, 4.69) is 10.6 Å². The van der Waals surface area contributed by atoms with Crippen molar-refractivity contribution >= 4 is 17.7 Å². The first-order valence-electron chi connectivity index (χ1n) is 9.61. The Hall–Kier alpha value is -2.37. The van der Waals surface area contributed by atoms with Crippen LogP contribution in [0.25, 0.3) is 0 Å². The van der Waals surface area contributed by atoms with Gasteiger partial charge in [0, 0.05) is 24.9 Å². The Morgan fingerprint density at radius 2 is 1.81 bits per heavy atom. The van der Waals surface area contributed by atoms with E-state index in [1.165, 1.54) is 0 Å². The molecular weight excluding hydrogens is 342 g/mol. The smallest absolute Gasteiger partial charge is 0.246 e. The van der Waals surface area contributed by atoms with Crippen LogP contribution in [0.4, 0.5) is 0 Å². The van der Waals surface area contributed by atoms with Crippen LogP contribution in [-0.2, 0) is 14.4 Å². The van der Waals surface area contributed by atoms with Crippen molar-refractivity contribution in [3.8, 4) is 0 Å². The van der Waals surface area contributed by atoms with Gasteiger partial charge in [-0.1, -0.05) is 51.1 Å². The molecule has 2 N–H and O–H groups in total. The van der Waals surface area contributed by atoms with E-state index in [9.17, 15) is 14.4 Å². The zero-order valence-corrected chi connectivity index (χ0v) is 16.5. The predicted molar refractivity (Wildman–Crippen MR) is 103 cm³/mol. The number of likely N-dealkylation sites (N-methyl/N-ethyl adjacent to an activating group) is 1. The summed E-state index contributed by atoms with van der Waals surface area (Å²) in [4.78, 5) is 40.0. The van der Waals surface area contributed by atoms with E-state index in [0.29, 0.717) is 19.4 Å². The zero-order valence-electron chi connectivity index (χ0n) is 16.5. The normalized spacial score (nSPS) is 27.2. The molecule has 1 saturated heterocycles. The molecule has 1 aromatic rings. The number of nitrogens with one attached hydrogen (secondary N) is 2. The number of amides is 3. The van der Waals surface area contributed by atoms with Crippen LogP contribution in [0.3, 0.4) is 0 Å². The van der Waals surface area contributed by atoms with Gasteiger partial charge in [0.1, 0.15) is 11.6 Å². The number of hydrogen-bond donors (Lipinski definition) is 2. The average molecular weight is 371 g/mol. The van der Waals surface area contributed by atoms with Gasteiger partial charge in [-0.25, -0.2) is 0 Å². The lowest BCUT2D eigenvalue weighted by Crippen LogP contribution is -2.56. The minimum atomic E-state index is -0.924. The highest BCUT2D eigenvalue weighted by molar-refractivity contribution is 5.98. The van der Waals surface area contributed by atoms with Crippen LogP contribution in [0.15, 0.2) is 30.3 Å². The van der Waals surface area contributed by atoms with E-state index < -0.39 is 17.0 Å². The molecule has 0 spiro atoms. The lowest BCUT2D eigenvalue weighted by Gasteiger charge is -2.31. The molecule has 3 atom stereocenters. The first kappa shape index (κ1) is 19.4. The minimum Gasteiger partial charge on any atom is -0.357 e. The third-order valence-corrected chi connectivity index (χ3v) is 5.60. The van der Waals surface area contributed by atoms with Crippen molar-refractivity contribution in [3.05, 3.63) is 35.9 Å². The van der Waals surface area contributed by atoms with Gasteiger partial charge >= 0.3 is 0 Å². The van der Waals surface area contributed by atoms with Crippen molar-refractivity contribution in [1.29, 1.82) is 0 Å². The zero-order chi connectivity index (χ0) is 19.8. The molecule has 0 unspecified atom stereocenters. The third kappa shape index (κ3) is 3.57. The molecule has 0 radical (unpaired) electrons. The molecule has 0 aromatic heterocycles. The average Bonchev–Trinajstić information content (AvgIpc) is 3.15. The molecule has 27 heavy (non-hydrogen) atoms. The maximum Gasteiger partial charge on any atom is 0.246 e. The standard InChI is InChI=1S/C21H29N3O3/c1-20(2,3)19(27)24-12-8-11-16(24)17(25)23-21(18(26)22-4)13-15(21)14-9-6-5-7-10-14/h5-7,9-10,15-16H,8,11-13H2,1-4H3,(H,22,26)(H,23,25)/t15-,16+,21-/m1/s1. The molecule has 1 aromatic carbocycles. The first-order chi connectivity index (χ1) is 12.7. The number of nitrogens with zero attached hydrogens (tertiary/aromatic N) is 1. The lowest BCUT2D eigenvalue weighted by atomic mass is 9.94. The van der Waals surface area contributed by atoms with Crippen LogP contribution >= 0.6 is 0 Å². The molecule has 2 aliphatic rings. The Balaban J connectivity index is 1.78. The molecule has 1 aliphatic carbocycles. The summed E-state index contributed by atoms with van der Waals surface area (Å²) in [6, 6.07) is 9.25. The second kappa shape index (κ2) is 6.98. The number of hydrogen-bond acceptors (Lipinski definition) is 3. The lowest BCUT2D eigenvalue weighted by molar-refractivity contribution is -0.145.